The first-order chi connectivity index (χ1) is 11.0. The van der Waals surface area contributed by atoms with E-state index in [2.05, 4.69) is 0 Å². The number of rotatable bonds is 6. The molecule has 1 saturated carbocycles. The first-order valence-electron chi connectivity index (χ1n) is 8.14. The molecule has 1 aromatic rings. The number of carbonyl (C=O) groups excluding carboxylic acids is 2. The summed E-state index contributed by atoms with van der Waals surface area (Å²) < 4.78 is 6.11. The lowest BCUT2D eigenvalue weighted by Crippen LogP contribution is -2.41. The second-order valence-electron chi connectivity index (χ2n) is 6.32. The summed E-state index contributed by atoms with van der Waals surface area (Å²) in [6.07, 6.45) is 3.78. The summed E-state index contributed by atoms with van der Waals surface area (Å²) >= 11 is 0. The molecule has 0 heterocycles. The number of hydrogen-bond acceptors (Lipinski definition) is 3. The van der Waals surface area contributed by atoms with E-state index in [-0.39, 0.29) is 24.5 Å². The molecule has 2 rings (SSSR count). The first kappa shape index (κ1) is 17.5. The molecule has 5 nitrogen and oxygen atoms in total. The molecule has 1 aliphatic rings. The number of hydrogen-bond donors (Lipinski definition) is 0. The minimum absolute atomic E-state index is 0.0587. The molecule has 0 aromatic heterocycles. The van der Waals surface area contributed by atoms with Gasteiger partial charge in [0.05, 0.1) is 12.6 Å². The third kappa shape index (κ3) is 4.79. The van der Waals surface area contributed by atoms with Gasteiger partial charge in [0, 0.05) is 21.1 Å². The topological polar surface area (TPSA) is 49.9 Å². The molecule has 1 aromatic carbocycles. The summed E-state index contributed by atoms with van der Waals surface area (Å²) in [5, 5.41) is 0. The van der Waals surface area contributed by atoms with Gasteiger partial charge in [-0.15, -0.1) is 0 Å². The van der Waals surface area contributed by atoms with Crippen LogP contribution in [0.2, 0.25) is 0 Å². The lowest BCUT2D eigenvalue weighted by atomic mass is 10.1. The highest BCUT2D eigenvalue weighted by molar-refractivity contribution is 5.87. The van der Waals surface area contributed by atoms with E-state index in [1.165, 1.54) is 9.80 Å². The van der Waals surface area contributed by atoms with E-state index in [4.69, 9.17) is 4.74 Å². The zero-order valence-electron chi connectivity index (χ0n) is 14.2. The largest absolute Gasteiger partial charge is 0.360 e. The molecule has 0 saturated heterocycles. The van der Waals surface area contributed by atoms with E-state index in [1.807, 2.05) is 30.3 Å². The van der Waals surface area contributed by atoms with Gasteiger partial charge >= 0.3 is 0 Å². The van der Waals surface area contributed by atoms with Crippen LogP contribution in [0.25, 0.3) is 0 Å². The Morgan fingerprint density at radius 1 is 1.13 bits per heavy atom. The monoisotopic (exact) mass is 318 g/mol. The number of likely N-dealkylation sites (N-methyl/N-ethyl adjacent to an activating group) is 2. The van der Waals surface area contributed by atoms with Gasteiger partial charge in [0.15, 0.2) is 6.10 Å². The van der Waals surface area contributed by atoms with Crippen molar-refractivity contribution in [1.29, 1.82) is 0 Å². The highest BCUT2D eigenvalue weighted by atomic mass is 16.5. The molecule has 0 radical (unpaired) electrons. The summed E-state index contributed by atoms with van der Waals surface area (Å²) in [5.41, 5.74) is 0.841. The zero-order valence-corrected chi connectivity index (χ0v) is 14.2. The molecule has 0 N–H and O–H groups in total. The maximum Gasteiger partial charge on any atom is 0.256 e. The van der Waals surface area contributed by atoms with Crippen molar-refractivity contribution in [2.24, 2.45) is 0 Å². The Labute approximate surface area is 138 Å². The molecule has 0 aliphatic heterocycles. The SMILES string of the molecule is CN(C)C(=O)CN(C)C(=O)[C@H](OC1CCCC1)c1ccccc1. The fourth-order valence-electron chi connectivity index (χ4n) is 2.75. The molecule has 0 unspecified atom stereocenters. The van der Waals surface area contributed by atoms with Crippen LogP contribution in [-0.4, -0.2) is 55.4 Å². The van der Waals surface area contributed by atoms with E-state index < -0.39 is 6.10 Å². The molecule has 23 heavy (non-hydrogen) atoms. The summed E-state index contributed by atoms with van der Waals surface area (Å²) in [4.78, 5) is 27.6. The second kappa shape index (κ2) is 8.11. The third-order valence-corrected chi connectivity index (χ3v) is 4.20. The van der Waals surface area contributed by atoms with Gasteiger partial charge in [-0.1, -0.05) is 43.2 Å². The maximum absolute atomic E-state index is 12.8. The molecule has 1 aliphatic carbocycles. The van der Waals surface area contributed by atoms with Crippen molar-refractivity contribution in [3.05, 3.63) is 35.9 Å². The Balaban J connectivity index is 2.11. The first-order valence-corrected chi connectivity index (χ1v) is 8.14. The van der Waals surface area contributed by atoms with Crippen LogP contribution in [0.5, 0.6) is 0 Å². The Hall–Kier alpha value is -1.88. The van der Waals surface area contributed by atoms with Crippen LogP contribution in [0.15, 0.2) is 30.3 Å². The van der Waals surface area contributed by atoms with Crippen LogP contribution in [0.3, 0.4) is 0 Å². The Bertz CT molecular complexity index is 524. The van der Waals surface area contributed by atoms with Crippen molar-refractivity contribution in [3.63, 3.8) is 0 Å². The van der Waals surface area contributed by atoms with Gasteiger partial charge in [0.25, 0.3) is 5.91 Å². The van der Waals surface area contributed by atoms with E-state index in [0.717, 1.165) is 31.2 Å². The molecular weight excluding hydrogens is 292 g/mol. The highest BCUT2D eigenvalue weighted by Gasteiger charge is 2.30. The standard InChI is InChI=1S/C18H26N2O3/c1-19(2)16(21)13-20(3)18(22)17(14-9-5-4-6-10-14)23-15-11-7-8-12-15/h4-6,9-10,15,17H,7-8,11-13H2,1-3H3/t17-/m1/s1. The van der Waals surface area contributed by atoms with E-state index in [0.29, 0.717) is 0 Å². The molecule has 2 amide bonds. The van der Waals surface area contributed by atoms with Crippen LogP contribution in [-0.2, 0) is 14.3 Å². The lowest BCUT2D eigenvalue weighted by Gasteiger charge is -2.27. The van der Waals surface area contributed by atoms with Gasteiger partial charge in [0.1, 0.15) is 0 Å². The predicted molar refractivity (Wildman–Crippen MR) is 88.9 cm³/mol. The van der Waals surface area contributed by atoms with Gasteiger partial charge in [-0.25, -0.2) is 0 Å². The van der Waals surface area contributed by atoms with Crippen LogP contribution in [0, 0.1) is 0 Å². The number of amides is 2. The van der Waals surface area contributed by atoms with Crippen LogP contribution in [0.1, 0.15) is 37.4 Å². The minimum atomic E-state index is -0.640. The Kier molecular flexibility index (Phi) is 6.16. The highest BCUT2D eigenvalue weighted by Crippen LogP contribution is 2.29. The zero-order chi connectivity index (χ0) is 16.8. The third-order valence-electron chi connectivity index (χ3n) is 4.20. The van der Waals surface area contributed by atoms with E-state index >= 15 is 0 Å². The van der Waals surface area contributed by atoms with Gasteiger partial charge in [0.2, 0.25) is 5.91 Å². The number of benzene rings is 1. The van der Waals surface area contributed by atoms with Gasteiger partial charge in [-0.05, 0) is 18.4 Å². The van der Waals surface area contributed by atoms with Gasteiger partial charge in [-0.3, -0.25) is 9.59 Å². The second-order valence-corrected chi connectivity index (χ2v) is 6.32. The molecular formula is C18H26N2O3. The fraction of sp³-hybridized carbons (Fsp3) is 0.556. The molecule has 0 bridgehead atoms. The minimum Gasteiger partial charge on any atom is -0.360 e. The molecule has 0 spiro atoms. The smallest absolute Gasteiger partial charge is 0.256 e. The van der Waals surface area contributed by atoms with Crippen molar-refractivity contribution in [1.82, 2.24) is 9.80 Å². The lowest BCUT2D eigenvalue weighted by molar-refractivity contribution is -0.150. The fourth-order valence-corrected chi connectivity index (χ4v) is 2.75. The summed E-state index contributed by atoms with van der Waals surface area (Å²) in [5.74, 6) is -0.271. The summed E-state index contributed by atoms with van der Waals surface area (Å²) in [7, 11) is 5.02. The van der Waals surface area contributed by atoms with Crippen molar-refractivity contribution in [2.75, 3.05) is 27.7 Å². The van der Waals surface area contributed by atoms with E-state index in [1.54, 1.807) is 21.1 Å². The van der Waals surface area contributed by atoms with Gasteiger partial charge in [-0.2, -0.15) is 0 Å². The predicted octanol–water partition coefficient (Wildman–Crippen LogP) is 2.23. The van der Waals surface area contributed by atoms with Crippen molar-refractivity contribution in [2.45, 2.75) is 37.9 Å². The number of ether oxygens (including phenoxy) is 1. The van der Waals surface area contributed by atoms with Crippen LogP contribution in [0.4, 0.5) is 0 Å². The van der Waals surface area contributed by atoms with Gasteiger partial charge < -0.3 is 14.5 Å². The maximum atomic E-state index is 12.8. The number of nitrogens with zero attached hydrogens (tertiary/aromatic N) is 2. The summed E-state index contributed by atoms with van der Waals surface area (Å²) in [6.45, 7) is 0.0587. The van der Waals surface area contributed by atoms with E-state index in [9.17, 15) is 9.59 Å². The molecule has 1 fully saturated rings. The Morgan fingerprint density at radius 3 is 2.30 bits per heavy atom. The van der Waals surface area contributed by atoms with Crippen molar-refractivity contribution < 1.29 is 14.3 Å². The quantitative estimate of drug-likeness (QED) is 0.808. The molecule has 126 valence electrons. The average Bonchev–Trinajstić information content (AvgIpc) is 3.05. The van der Waals surface area contributed by atoms with Crippen LogP contribution >= 0.6 is 0 Å². The van der Waals surface area contributed by atoms with Crippen LogP contribution < -0.4 is 0 Å². The van der Waals surface area contributed by atoms with Crippen molar-refractivity contribution >= 4 is 11.8 Å². The van der Waals surface area contributed by atoms with Crippen molar-refractivity contribution in [3.8, 4) is 0 Å². The normalized spacial score (nSPS) is 16.1. The molecule has 5 heteroatoms. The Morgan fingerprint density at radius 2 is 1.74 bits per heavy atom. The summed E-state index contributed by atoms with van der Waals surface area (Å²) in [6, 6.07) is 9.52. The average molecular weight is 318 g/mol. The number of carbonyl (C=O) groups is 2. The molecule has 1 atom stereocenters.